The number of aromatic hydroxyl groups is 1. The second-order valence-electron chi connectivity index (χ2n) is 5.09. The van der Waals surface area contributed by atoms with E-state index >= 15 is 0 Å². The van der Waals surface area contributed by atoms with E-state index in [9.17, 15) is 9.90 Å². The van der Waals surface area contributed by atoms with Crippen LogP contribution in [-0.4, -0.2) is 36.6 Å². The summed E-state index contributed by atoms with van der Waals surface area (Å²) in [4.78, 5) is 11.3. The Morgan fingerprint density at radius 2 is 2.19 bits per heavy atom. The summed E-state index contributed by atoms with van der Waals surface area (Å²) in [5.74, 6) is 0.439. The van der Waals surface area contributed by atoms with Crippen LogP contribution in [0.25, 0.3) is 0 Å². The zero-order valence-electron chi connectivity index (χ0n) is 11.5. The first-order valence-corrected chi connectivity index (χ1v) is 7.55. The molecule has 0 spiro atoms. The van der Waals surface area contributed by atoms with Crippen LogP contribution in [0.2, 0.25) is 0 Å². The Kier molecular flexibility index (Phi) is 4.05. The van der Waals surface area contributed by atoms with Gasteiger partial charge in [0.25, 0.3) is 0 Å². The normalized spacial score (nSPS) is 21.1. The van der Waals surface area contributed by atoms with Gasteiger partial charge in [0.1, 0.15) is 17.6 Å². The number of rotatable bonds is 3. The van der Waals surface area contributed by atoms with E-state index in [-0.39, 0.29) is 24.1 Å². The number of fused-ring (bicyclic) bond motifs is 1. The first-order valence-electron chi connectivity index (χ1n) is 6.76. The first kappa shape index (κ1) is 14.6. The van der Waals surface area contributed by atoms with Crippen LogP contribution < -0.4 is 10.1 Å². The predicted molar refractivity (Wildman–Crippen MR) is 78.5 cm³/mol. The highest BCUT2D eigenvalue weighted by atomic mass is 79.9. The van der Waals surface area contributed by atoms with Crippen LogP contribution in [-0.2, 0) is 20.7 Å². The third kappa shape index (κ3) is 3.00. The fourth-order valence-corrected chi connectivity index (χ4v) is 3.18. The van der Waals surface area contributed by atoms with Gasteiger partial charge >= 0.3 is 0 Å². The van der Waals surface area contributed by atoms with Crippen molar-refractivity contribution in [3.63, 3.8) is 0 Å². The van der Waals surface area contributed by atoms with Gasteiger partial charge in [-0.1, -0.05) is 0 Å². The lowest BCUT2D eigenvalue weighted by Crippen LogP contribution is -2.22. The Morgan fingerprint density at radius 3 is 2.86 bits per heavy atom. The van der Waals surface area contributed by atoms with Crippen LogP contribution in [0.15, 0.2) is 10.5 Å². The number of phenols is 1. The largest absolute Gasteiger partial charge is 0.506 e. The molecule has 6 nitrogen and oxygen atoms in total. The zero-order valence-corrected chi connectivity index (χ0v) is 13.1. The summed E-state index contributed by atoms with van der Waals surface area (Å²) in [5.41, 5.74) is 1.21. The number of halogens is 1. The lowest BCUT2D eigenvalue weighted by atomic mass is 10.0. The van der Waals surface area contributed by atoms with Gasteiger partial charge in [0, 0.05) is 25.3 Å². The minimum Gasteiger partial charge on any atom is -0.506 e. The number of hydrogen-bond donors (Lipinski definition) is 2. The number of amides is 1. The molecule has 1 amide bonds. The Labute approximate surface area is 130 Å². The molecule has 2 N–H and O–H groups in total. The van der Waals surface area contributed by atoms with E-state index < -0.39 is 0 Å². The van der Waals surface area contributed by atoms with Crippen molar-refractivity contribution in [1.82, 2.24) is 0 Å². The monoisotopic (exact) mass is 357 g/mol. The van der Waals surface area contributed by atoms with E-state index in [2.05, 4.69) is 21.2 Å². The van der Waals surface area contributed by atoms with Crippen LogP contribution >= 0.6 is 15.9 Å². The molecular weight excluding hydrogens is 342 g/mol. The number of benzene rings is 1. The molecule has 1 aromatic carbocycles. The van der Waals surface area contributed by atoms with E-state index in [0.717, 1.165) is 5.56 Å². The van der Waals surface area contributed by atoms with E-state index in [0.29, 0.717) is 42.0 Å². The van der Waals surface area contributed by atoms with Crippen molar-refractivity contribution in [2.24, 2.45) is 0 Å². The number of carbonyl (C=O) groups excluding carboxylic acids is 1. The summed E-state index contributed by atoms with van der Waals surface area (Å²) in [7, 11) is 0. The average Bonchev–Trinajstić information content (AvgIpc) is 3.04. The maximum absolute atomic E-state index is 11.3. The molecule has 0 saturated carbocycles. The summed E-state index contributed by atoms with van der Waals surface area (Å²) >= 11 is 3.38. The SMILES string of the molecule is CC(=O)Nc1c(O)cc(Br)c2c1CC(CC1OCCO1)O2. The van der Waals surface area contributed by atoms with E-state index in [1.54, 1.807) is 0 Å². The summed E-state index contributed by atoms with van der Waals surface area (Å²) in [5, 5.41) is 12.7. The number of anilines is 1. The van der Waals surface area contributed by atoms with Crippen LogP contribution in [0.4, 0.5) is 5.69 Å². The number of carbonyl (C=O) groups is 1. The molecule has 1 aromatic rings. The van der Waals surface area contributed by atoms with Crippen molar-refractivity contribution < 1.29 is 24.1 Å². The van der Waals surface area contributed by atoms with Crippen LogP contribution in [0.5, 0.6) is 11.5 Å². The molecule has 1 saturated heterocycles. The summed E-state index contributed by atoms with van der Waals surface area (Å²) < 4.78 is 17.4. The smallest absolute Gasteiger partial charge is 0.221 e. The van der Waals surface area contributed by atoms with Crippen molar-refractivity contribution in [2.45, 2.75) is 32.2 Å². The van der Waals surface area contributed by atoms with Gasteiger partial charge in [0.15, 0.2) is 6.29 Å². The Hall–Kier alpha value is -1.31. The van der Waals surface area contributed by atoms with Crippen molar-refractivity contribution in [2.75, 3.05) is 18.5 Å². The number of nitrogens with one attached hydrogen (secondary N) is 1. The third-order valence-electron chi connectivity index (χ3n) is 3.48. The molecular formula is C14H16BrNO5. The number of ether oxygens (including phenoxy) is 3. The molecule has 2 heterocycles. The first-order chi connectivity index (χ1) is 10.0. The van der Waals surface area contributed by atoms with Crippen LogP contribution in [0, 0.1) is 0 Å². The minimum atomic E-state index is -0.249. The van der Waals surface area contributed by atoms with Gasteiger partial charge < -0.3 is 24.6 Å². The summed E-state index contributed by atoms with van der Waals surface area (Å²) in [6.45, 7) is 2.61. The van der Waals surface area contributed by atoms with Crippen molar-refractivity contribution in [3.05, 3.63) is 16.1 Å². The van der Waals surface area contributed by atoms with Gasteiger partial charge in [-0.05, 0) is 22.0 Å². The highest BCUT2D eigenvalue weighted by Gasteiger charge is 2.33. The molecule has 1 fully saturated rings. The van der Waals surface area contributed by atoms with Crippen molar-refractivity contribution in [1.29, 1.82) is 0 Å². The highest BCUT2D eigenvalue weighted by molar-refractivity contribution is 9.10. The lowest BCUT2D eigenvalue weighted by molar-refractivity contribution is -0.114. The molecule has 0 aliphatic carbocycles. The zero-order chi connectivity index (χ0) is 15.0. The maximum Gasteiger partial charge on any atom is 0.221 e. The minimum absolute atomic E-state index is 0.0217. The second kappa shape index (κ2) is 5.82. The fourth-order valence-electron chi connectivity index (χ4n) is 2.63. The Balaban J connectivity index is 1.83. The average molecular weight is 358 g/mol. The second-order valence-corrected chi connectivity index (χ2v) is 5.95. The Morgan fingerprint density at radius 1 is 1.48 bits per heavy atom. The fraction of sp³-hybridized carbons (Fsp3) is 0.500. The maximum atomic E-state index is 11.3. The van der Waals surface area contributed by atoms with E-state index in [1.807, 2.05) is 0 Å². The van der Waals surface area contributed by atoms with Gasteiger partial charge in [-0.15, -0.1) is 0 Å². The quantitative estimate of drug-likeness (QED) is 0.810. The van der Waals surface area contributed by atoms with Gasteiger partial charge in [0.05, 0.1) is 23.4 Å². The third-order valence-corrected chi connectivity index (χ3v) is 4.06. The molecule has 0 bridgehead atoms. The number of phenolic OH excluding ortho intramolecular Hbond substituents is 1. The Bertz CT molecular complexity index is 571. The molecule has 1 atom stereocenters. The molecule has 2 aliphatic rings. The predicted octanol–water partition coefficient (Wildman–Crippen LogP) is 2.18. The van der Waals surface area contributed by atoms with Gasteiger partial charge in [-0.2, -0.15) is 0 Å². The van der Waals surface area contributed by atoms with Gasteiger partial charge in [0.2, 0.25) is 5.91 Å². The topological polar surface area (TPSA) is 77.0 Å². The van der Waals surface area contributed by atoms with Crippen LogP contribution in [0.3, 0.4) is 0 Å². The molecule has 3 rings (SSSR count). The molecule has 7 heteroatoms. The van der Waals surface area contributed by atoms with E-state index in [1.165, 1.54) is 13.0 Å². The summed E-state index contributed by atoms with van der Waals surface area (Å²) in [6, 6.07) is 1.52. The van der Waals surface area contributed by atoms with Crippen LogP contribution in [0.1, 0.15) is 18.9 Å². The standard InChI is InChI=1S/C14H16BrNO5/c1-7(17)16-13-9-4-8(5-12-19-2-3-20-12)21-14(9)10(15)6-11(13)18/h6,8,12,18H,2-5H2,1H3,(H,16,17). The van der Waals surface area contributed by atoms with Crippen molar-refractivity contribution in [3.8, 4) is 11.5 Å². The van der Waals surface area contributed by atoms with Gasteiger partial charge in [-0.25, -0.2) is 0 Å². The molecule has 21 heavy (non-hydrogen) atoms. The molecule has 2 aliphatic heterocycles. The lowest BCUT2D eigenvalue weighted by Gasteiger charge is -2.14. The molecule has 114 valence electrons. The summed E-state index contributed by atoms with van der Waals surface area (Å²) in [6.07, 6.45) is 0.845. The molecule has 0 aromatic heterocycles. The number of hydrogen-bond acceptors (Lipinski definition) is 5. The van der Waals surface area contributed by atoms with E-state index in [4.69, 9.17) is 14.2 Å². The molecule has 0 radical (unpaired) electrons. The molecule has 1 unspecified atom stereocenters. The highest BCUT2D eigenvalue weighted by Crippen LogP contribution is 2.46. The van der Waals surface area contributed by atoms with Crippen molar-refractivity contribution >= 4 is 27.5 Å². The van der Waals surface area contributed by atoms with Gasteiger partial charge in [-0.3, -0.25) is 4.79 Å².